The van der Waals surface area contributed by atoms with Gasteiger partial charge in [0, 0.05) is 49.4 Å². The van der Waals surface area contributed by atoms with E-state index in [-0.39, 0.29) is 0 Å². The summed E-state index contributed by atoms with van der Waals surface area (Å²) in [5.74, 6) is -2.51. The Balaban J connectivity index is 0.000000224. The van der Waals surface area contributed by atoms with Crippen molar-refractivity contribution in [3.8, 4) is 0 Å². The number of benzene rings is 2. The van der Waals surface area contributed by atoms with Crippen LogP contribution in [-0.4, -0.2) is 48.3 Å². The number of aliphatic carboxylic acids is 2. The van der Waals surface area contributed by atoms with E-state index in [1.807, 2.05) is 0 Å². The Kier molecular flexibility index (Phi) is 6.33. The highest BCUT2D eigenvalue weighted by molar-refractivity contribution is 5.94. The Hall–Kier alpha value is -2.86. The SMILES string of the molecule is O=C(O)/C=C\C(=O)O.c1ccc2c(N3CCNCC3)cccc2c1. The molecule has 1 heterocycles. The van der Waals surface area contributed by atoms with Crippen molar-refractivity contribution in [1.29, 1.82) is 0 Å². The molecule has 0 aliphatic carbocycles. The zero-order valence-corrected chi connectivity index (χ0v) is 13.2. The fourth-order valence-corrected chi connectivity index (χ4v) is 2.53. The lowest BCUT2D eigenvalue weighted by molar-refractivity contribution is -0.134. The lowest BCUT2D eigenvalue weighted by Crippen LogP contribution is -2.43. The number of hydrogen-bond donors (Lipinski definition) is 3. The van der Waals surface area contributed by atoms with Crippen molar-refractivity contribution in [3.63, 3.8) is 0 Å². The standard InChI is InChI=1S/C14H16N2.C4H4O4/c1-2-6-13-12(4-1)5-3-7-14(13)16-10-8-15-9-11-16;5-3(6)1-2-4(7)8/h1-7,15H,8-11H2;1-2H,(H,5,6)(H,7,8)/b;2-1-. The molecule has 126 valence electrons. The van der Waals surface area contributed by atoms with Gasteiger partial charge in [-0.25, -0.2) is 9.59 Å². The third-order valence-corrected chi connectivity index (χ3v) is 3.59. The quantitative estimate of drug-likeness (QED) is 0.746. The summed E-state index contributed by atoms with van der Waals surface area (Å²) >= 11 is 0. The summed E-state index contributed by atoms with van der Waals surface area (Å²) in [6.07, 6.45) is 1.12. The summed E-state index contributed by atoms with van der Waals surface area (Å²) in [7, 11) is 0. The van der Waals surface area contributed by atoms with Crippen molar-refractivity contribution in [2.75, 3.05) is 31.1 Å². The smallest absolute Gasteiger partial charge is 0.328 e. The molecule has 0 radical (unpaired) electrons. The molecule has 0 saturated carbocycles. The van der Waals surface area contributed by atoms with Crippen molar-refractivity contribution >= 4 is 28.4 Å². The fourth-order valence-electron chi connectivity index (χ4n) is 2.53. The average molecular weight is 328 g/mol. The summed E-state index contributed by atoms with van der Waals surface area (Å²) in [5.41, 5.74) is 1.37. The highest BCUT2D eigenvalue weighted by Gasteiger charge is 2.12. The molecular formula is C18H20N2O4. The van der Waals surface area contributed by atoms with Crippen LogP contribution in [0.1, 0.15) is 0 Å². The second-order valence-electron chi connectivity index (χ2n) is 5.25. The number of fused-ring (bicyclic) bond motifs is 1. The fraction of sp³-hybridized carbons (Fsp3) is 0.222. The minimum Gasteiger partial charge on any atom is -0.478 e. The van der Waals surface area contributed by atoms with Gasteiger partial charge in [0.25, 0.3) is 0 Å². The average Bonchev–Trinajstić information content (AvgIpc) is 2.61. The molecule has 0 amide bonds. The van der Waals surface area contributed by atoms with Gasteiger partial charge >= 0.3 is 11.9 Å². The minimum absolute atomic E-state index is 0.558. The van der Waals surface area contributed by atoms with E-state index in [0.717, 1.165) is 26.2 Å². The van der Waals surface area contributed by atoms with Crippen LogP contribution in [0.25, 0.3) is 10.8 Å². The van der Waals surface area contributed by atoms with Gasteiger partial charge in [-0.2, -0.15) is 0 Å². The molecule has 3 rings (SSSR count). The summed E-state index contributed by atoms with van der Waals surface area (Å²) in [6, 6.07) is 15.2. The highest BCUT2D eigenvalue weighted by Crippen LogP contribution is 2.26. The Morgan fingerprint density at radius 2 is 1.50 bits per heavy atom. The molecule has 0 unspecified atom stereocenters. The summed E-state index contributed by atoms with van der Waals surface area (Å²) < 4.78 is 0. The van der Waals surface area contributed by atoms with E-state index >= 15 is 0 Å². The normalized spacial score (nSPS) is 14.2. The van der Waals surface area contributed by atoms with Crippen LogP contribution in [0.5, 0.6) is 0 Å². The largest absolute Gasteiger partial charge is 0.478 e. The van der Waals surface area contributed by atoms with Crippen LogP contribution >= 0.6 is 0 Å². The summed E-state index contributed by atoms with van der Waals surface area (Å²) in [4.78, 5) is 21.6. The first kappa shape index (κ1) is 17.5. The van der Waals surface area contributed by atoms with E-state index < -0.39 is 11.9 Å². The van der Waals surface area contributed by atoms with Crippen molar-refractivity contribution in [1.82, 2.24) is 5.32 Å². The van der Waals surface area contributed by atoms with Gasteiger partial charge < -0.3 is 20.4 Å². The molecule has 24 heavy (non-hydrogen) atoms. The Bertz CT molecular complexity index is 715. The Morgan fingerprint density at radius 1 is 0.917 bits per heavy atom. The maximum absolute atomic E-state index is 9.55. The van der Waals surface area contributed by atoms with Crippen LogP contribution in [0.3, 0.4) is 0 Å². The minimum atomic E-state index is -1.26. The third kappa shape index (κ3) is 5.10. The number of carboxylic acids is 2. The first-order valence-electron chi connectivity index (χ1n) is 7.65. The molecule has 1 aliphatic rings. The lowest BCUT2D eigenvalue weighted by atomic mass is 10.1. The number of rotatable bonds is 3. The van der Waals surface area contributed by atoms with Crippen LogP contribution in [-0.2, 0) is 9.59 Å². The van der Waals surface area contributed by atoms with Crippen LogP contribution in [0.15, 0.2) is 54.6 Å². The van der Waals surface area contributed by atoms with Gasteiger partial charge in [0.1, 0.15) is 0 Å². The summed E-state index contributed by atoms with van der Waals surface area (Å²) in [5, 5.41) is 21.7. The molecule has 1 aliphatic heterocycles. The van der Waals surface area contributed by atoms with Gasteiger partial charge in [-0.1, -0.05) is 36.4 Å². The molecule has 0 bridgehead atoms. The number of piperazine rings is 1. The van der Waals surface area contributed by atoms with E-state index in [0.29, 0.717) is 12.2 Å². The third-order valence-electron chi connectivity index (χ3n) is 3.59. The van der Waals surface area contributed by atoms with Gasteiger partial charge in [-0.3, -0.25) is 0 Å². The van der Waals surface area contributed by atoms with Gasteiger partial charge in [-0.15, -0.1) is 0 Å². The van der Waals surface area contributed by atoms with Crippen molar-refractivity contribution in [2.24, 2.45) is 0 Å². The monoisotopic (exact) mass is 328 g/mol. The van der Waals surface area contributed by atoms with Gasteiger partial charge in [-0.05, 0) is 11.5 Å². The van der Waals surface area contributed by atoms with Gasteiger partial charge in [0.05, 0.1) is 0 Å². The lowest BCUT2D eigenvalue weighted by Gasteiger charge is -2.30. The molecule has 2 aromatic rings. The number of nitrogens with one attached hydrogen (secondary N) is 1. The molecule has 6 nitrogen and oxygen atoms in total. The first-order valence-corrected chi connectivity index (χ1v) is 7.65. The second-order valence-corrected chi connectivity index (χ2v) is 5.25. The van der Waals surface area contributed by atoms with Crippen LogP contribution in [0, 0.1) is 0 Å². The maximum Gasteiger partial charge on any atom is 0.328 e. The van der Waals surface area contributed by atoms with Gasteiger partial charge in [0.2, 0.25) is 0 Å². The van der Waals surface area contributed by atoms with Crippen molar-refractivity contribution < 1.29 is 19.8 Å². The van der Waals surface area contributed by atoms with Crippen LogP contribution in [0.4, 0.5) is 5.69 Å². The Labute approximate surface area is 140 Å². The number of carboxylic acid groups (broad SMARTS) is 2. The molecule has 3 N–H and O–H groups in total. The van der Waals surface area contributed by atoms with Crippen LogP contribution < -0.4 is 10.2 Å². The molecule has 0 atom stereocenters. The molecule has 0 spiro atoms. The maximum atomic E-state index is 9.55. The summed E-state index contributed by atoms with van der Waals surface area (Å²) in [6.45, 7) is 4.38. The number of anilines is 1. The van der Waals surface area contributed by atoms with Gasteiger partial charge in [0.15, 0.2) is 0 Å². The first-order chi connectivity index (χ1) is 11.6. The molecule has 1 saturated heterocycles. The Morgan fingerprint density at radius 3 is 2.12 bits per heavy atom. The number of hydrogen-bond acceptors (Lipinski definition) is 4. The predicted molar refractivity (Wildman–Crippen MR) is 93.4 cm³/mol. The molecule has 6 heteroatoms. The molecule has 2 aromatic carbocycles. The van der Waals surface area contributed by atoms with Crippen molar-refractivity contribution in [3.05, 3.63) is 54.6 Å². The number of carbonyl (C=O) groups is 2. The topological polar surface area (TPSA) is 89.9 Å². The molecular weight excluding hydrogens is 308 g/mol. The van der Waals surface area contributed by atoms with E-state index in [1.165, 1.54) is 16.5 Å². The van der Waals surface area contributed by atoms with E-state index in [9.17, 15) is 9.59 Å². The second kappa shape index (κ2) is 8.69. The van der Waals surface area contributed by atoms with E-state index in [1.54, 1.807) is 0 Å². The number of nitrogens with zero attached hydrogens (tertiary/aromatic N) is 1. The zero-order chi connectivity index (χ0) is 17.4. The zero-order valence-electron chi connectivity index (χ0n) is 13.2. The molecule has 1 fully saturated rings. The van der Waals surface area contributed by atoms with Crippen molar-refractivity contribution in [2.45, 2.75) is 0 Å². The highest BCUT2D eigenvalue weighted by atomic mass is 16.4. The van der Waals surface area contributed by atoms with Crippen LogP contribution in [0.2, 0.25) is 0 Å². The molecule has 0 aromatic heterocycles. The predicted octanol–water partition coefficient (Wildman–Crippen LogP) is 1.96. The van der Waals surface area contributed by atoms with E-state index in [2.05, 4.69) is 52.7 Å². The van der Waals surface area contributed by atoms with E-state index in [4.69, 9.17) is 10.2 Å².